The number of ketones is 1. The third kappa shape index (κ3) is 2.28. The van der Waals surface area contributed by atoms with E-state index in [0.29, 0.717) is 17.9 Å². The van der Waals surface area contributed by atoms with Gasteiger partial charge in [0, 0.05) is 17.9 Å². The van der Waals surface area contributed by atoms with Gasteiger partial charge in [-0.1, -0.05) is 6.92 Å². The van der Waals surface area contributed by atoms with Gasteiger partial charge in [0.05, 0.1) is 0 Å². The molecule has 0 saturated heterocycles. The molecule has 0 fully saturated rings. The summed E-state index contributed by atoms with van der Waals surface area (Å²) in [5, 5.41) is 2.89. The molecule has 1 aromatic heterocycles. The number of hydrogen-bond donors (Lipinski definition) is 1. The van der Waals surface area contributed by atoms with Crippen molar-refractivity contribution in [3.8, 4) is 0 Å². The van der Waals surface area contributed by atoms with Gasteiger partial charge in [-0.2, -0.15) is 0 Å². The van der Waals surface area contributed by atoms with Crippen LogP contribution in [-0.2, 0) is 0 Å². The summed E-state index contributed by atoms with van der Waals surface area (Å²) in [4.78, 5) is 15.5. The van der Waals surface area contributed by atoms with E-state index in [4.69, 9.17) is 0 Å². The van der Waals surface area contributed by atoms with Crippen molar-refractivity contribution in [2.75, 3.05) is 12.4 Å². The van der Waals surface area contributed by atoms with Crippen molar-refractivity contribution in [1.82, 2.24) is 4.98 Å². The summed E-state index contributed by atoms with van der Waals surface area (Å²) in [6.07, 6.45) is 0.471. The van der Waals surface area contributed by atoms with E-state index in [2.05, 4.69) is 26.2 Å². The minimum absolute atomic E-state index is 0.0453. The molecule has 0 radical (unpaired) electrons. The molecule has 1 N–H and O–H groups in total. The van der Waals surface area contributed by atoms with Crippen LogP contribution in [0.4, 0.5) is 5.82 Å². The molecule has 0 bridgehead atoms. The second-order valence-electron chi connectivity index (χ2n) is 2.55. The molecule has 0 aromatic carbocycles. The number of pyridine rings is 1. The van der Waals surface area contributed by atoms with E-state index >= 15 is 0 Å². The van der Waals surface area contributed by atoms with Gasteiger partial charge in [0.1, 0.15) is 11.5 Å². The summed E-state index contributed by atoms with van der Waals surface area (Å²) in [6, 6.07) is 3.64. The highest BCUT2D eigenvalue weighted by molar-refractivity contribution is 9.10. The van der Waals surface area contributed by atoms with Crippen molar-refractivity contribution >= 4 is 27.5 Å². The zero-order chi connectivity index (χ0) is 9.84. The summed E-state index contributed by atoms with van der Waals surface area (Å²) >= 11 is 3.29. The molecule has 0 amide bonds. The fourth-order valence-corrected chi connectivity index (χ4v) is 1.39. The number of halogens is 1. The Labute approximate surface area is 85.7 Å². The zero-order valence-electron chi connectivity index (χ0n) is 7.60. The number of rotatable bonds is 3. The first-order valence-electron chi connectivity index (χ1n) is 4.06. The molecule has 0 aliphatic rings. The lowest BCUT2D eigenvalue weighted by molar-refractivity contribution is 0.0982. The Hall–Kier alpha value is -0.900. The lowest BCUT2D eigenvalue weighted by Gasteiger charge is -2.03. The molecule has 0 saturated carbocycles. The highest BCUT2D eigenvalue weighted by Gasteiger charge is 2.09. The van der Waals surface area contributed by atoms with E-state index in [9.17, 15) is 4.79 Å². The van der Waals surface area contributed by atoms with Crippen LogP contribution < -0.4 is 5.32 Å². The van der Waals surface area contributed by atoms with E-state index in [1.54, 1.807) is 7.05 Å². The number of carbonyl (C=O) groups excluding carboxylic acids is 1. The molecule has 0 unspecified atom stereocenters. The van der Waals surface area contributed by atoms with Crippen LogP contribution >= 0.6 is 15.9 Å². The molecule has 13 heavy (non-hydrogen) atoms. The predicted octanol–water partition coefficient (Wildman–Crippen LogP) is 2.48. The molecule has 3 nitrogen and oxygen atoms in total. The Morgan fingerprint density at radius 2 is 2.31 bits per heavy atom. The van der Waals surface area contributed by atoms with Gasteiger partial charge < -0.3 is 5.32 Å². The number of hydrogen-bond acceptors (Lipinski definition) is 3. The van der Waals surface area contributed by atoms with Crippen LogP contribution in [0.1, 0.15) is 23.8 Å². The Balaban J connectivity index is 3.11. The van der Waals surface area contributed by atoms with Gasteiger partial charge in [0.25, 0.3) is 0 Å². The summed E-state index contributed by atoms with van der Waals surface area (Å²) in [5.41, 5.74) is 0.495. The SMILES string of the molecule is CCC(=O)c1nc(NC)ccc1Br. The fraction of sp³-hybridized carbons (Fsp3) is 0.333. The first-order valence-corrected chi connectivity index (χ1v) is 4.85. The Morgan fingerprint density at radius 3 is 2.85 bits per heavy atom. The molecule has 4 heteroatoms. The van der Waals surface area contributed by atoms with E-state index in [-0.39, 0.29) is 5.78 Å². The number of carbonyl (C=O) groups is 1. The van der Waals surface area contributed by atoms with Gasteiger partial charge in [0.15, 0.2) is 5.78 Å². The maximum absolute atomic E-state index is 11.4. The normalized spacial score (nSPS) is 9.77. The summed E-state index contributed by atoms with van der Waals surface area (Å²) in [6.45, 7) is 1.82. The van der Waals surface area contributed by atoms with E-state index in [0.717, 1.165) is 4.47 Å². The van der Waals surface area contributed by atoms with Crippen LogP contribution in [0.3, 0.4) is 0 Å². The van der Waals surface area contributed by atoms with Gasteiger partial charge in [0.2, 0.25) is 0 Å². The molecule has 0 atom stereocenters. The second kappa shape index (κ2) is 4.37. The van der Waals surface area contributed by atoms with Crippen molar-refractivity contribution in [3.05, 3.63) is 22.3 Å². The number of aromatic nitrogens is 1. The monoisotopic (exact) mass is 242 g/mol. The van der Waals surface area contributed by atoms with Crippen LogP contribution in [0.2, 0.25) is 0 Å². The Morgan fingerprint density at radius 1 is 1.62 bits per heavy atom. The lowest BCUT2D eigenvalue weighted by Crippen LogP contribution is -2.04. The lowest BCUT2D eigenvalue weighted by atomic mass is 10.2. The number of anilines is 1. The zero-order valence-corrected chi connectivity index (χ0v) is 9.18. The van der Waals surface area contributed by atoms with Crippen LogP contribution in [-0.4, -0.2) is 17.8 Å². The first-order chi connectivity index (χ1) is 6.19. The second-order valence-corrected chi connectivity index (χ2v) is 3.41. The van der Waals surface area contributed by atoms with Crippen molar-refractivity contribution in [1.29, 1.82) is 0 Å². The largest absolute Gasteiger partial charge is 0.373 e. The standard InChI is InChI=1S/C9H11BrN2O/c1-3-7(13)9-6(10)4-5-8(11-2)12-9/h4-5H,3H2,1-2H3,(H,11,12). The maximum Gasteiger partial charge on any atom is 0.182 e. The molecule has 0 aliphatic carbocycles. The van der Waals surface area contributed by atoms with Gasteiger partial charge >= 0.3 is 0 Å². The van der Waals surface area contributed by atoms with E-state index in [1.807, 2.05) is 19.1 Å². The average Bonchev–Trinajstić information content (AvgIpc) is 2.17. The topological polar surface area (TPSA) is 42.0 Å². The first kappa shape index (κ1) is 10.2. The number of nitrogens with zero attached hydrogens (tertiary/aromatic N) is 1. The van der Waals surface area contributed by atoms with Gasteiger partial charge in [-0.25, -0.2) is 4.98 Å². The quantitative estimate of drug-likeness (QED) is 0.829. The van der Waals surface area contributed by atoms with Crippen LogP contribution in [0.25, 0.3) is 0 Å². The third-order valence-corrected chi connectivity index (χ3v) is 2.33. The summed E-state index contributed by atoms with van der Waals surface area (Å²) in [5.74, 6) is 0.754. The average molecular weight is 243 g/mol. The molecule has 0 aliphatic heterocycles. The predicted molar refractivity (Wildman–Crippen MR) is 56.1 cm³/mol. The molecule has 1 aromatic rings. The molecule has 1 heterocycles. The third-order valence-electron chi connectivity index (χ3n) is 1.69. The molecule has 0 spiro atoms. The molecular weight excluding hydrogens is 232 g/mol. The summed E-state index contributed by atoms with van der Waals surface area (Å²) in [7, 11) is 1.77. The molecular formula is C9H11BrN2O. The van der Waals surface area contributed by atoms with Crippen LogP contribution in [0.5, 0.6) is 0 Å². The fourth-order valence-electron chi connectivity index (χ4n) is 0.944. The molecule has 70 valence electrons. The van der Waals surface area contributed by atoms with Crippen molar-refractivity contribution in [2.45, 2.75) is 13.3 Å². The highest BCUT2D eigenvalue weighted by Crippen LogP contribution is 2.18. The van der Waals surface area contributed by atoms with Crippen molar-refractivity contribution in [3.63, 3.8) is 0 Å². The Kier molecular flexibility index (Phi) is 3.42. The van der Waals surface area contributed by atoms with E-state index < -0.39 is 0 Å². The minimum Gasteiger partial charge on any atom is -0.373 e. The van der Waals surface area contributed by atoms with Gasteiger partial charge in [-0.05, 0) is 28.1 Å². The smallest absolute Gasteiger partial charge is 0.182 e. The Bertz CT molecular complexity index is 325. The minimum atomic E-state index is 0.0453. The van der Waals surface area contributed by atoms with Gasteiger partial charge in [-0.15, -0.1) is 0 Å². The van der Waals surface area contributed by atoms with Crippen LogP contribution in [0, 0.1) is 0 Å². The van der Waals surface area contributed by atoms with Crippen LogP contribution in [0.15, 0.2) is 16.6 Å². The van der Waals surface area contributed by atoms with Crippen molar-refractivity contribution in [2.24, 2.45) is 0 Å². The number of nitrogens with one attached hydrogen (secondary N) is 1. The summed E-state index contributed by atoms with van der Waals surface area (Å²) < 4.78 is 0.748. The highest BCUT2D eigenvalue weighted by atomic mass is 79.9. The maximum atomic E-state index is 11.4. The van der Waals surface area contributed by atoms with E-state index in [1.165, 1.54) is 0 Å². The number of Topliss-reactive ketones (excluding diaryl/α,β-unsaturated/α-hetero) is 1. The van der Waals surface area contributed by atoms with Crippen molar-refractivity contribution < 1.29 is 4.79 Å². The van der Waals surface area contributed by atoms with Gasteiger partial charge in [-0.3, -0.25) is 4.79 Å². The molecule has 1 rings (SSSR count).